The molecule has 0 saturated heterocycles. The van der Waals surface area contributed by atoms with Gasteiger partial charge in [0.15, 0.2) is 0 Å². The molecule has 3 fully saturated rings. The summed E-state index contributed by atoms with van der Waals surface area (Å²) in [4.78, 5) is 12.4. The van der Waals surface area contributed by atoms with Crippen LogP contribution in [0.3, 0.4) is 0 Å². The first kappa shape index (κ1) is 24.1. The summed E-state index contributed by atoms with van der Waals surface area (Å²) in [5, 5.41) is 30.9. The number of fused-ring (bicyclic) bond motifs is 5. The van der Waals surface area contributed by atoms with Crippen molar-refractivity contribution in [3.8, 4) is 5.75 Å². The Labute approximate surface area is 204 Å². The molecule has 5 heteroatoms. The number of carbonyl (C=O) groups is 1. The van der Waals surface area contributed by atoms with Gasteiger partial charge in [-0.3, -0.25) is 10.0 Å². The Morgan fingerprint density at radius 1 is 1.12 bits per heavy atom. The predicted octanol–water partition coefficient (Wildman–Crippen LogP) is 5.52. The molecule has 5 nitrogen and oxygen atoms in total. The minimum absolute atomic E-state index is 0.0560. The van der Waals surface area contributed by atoms with E-state index in [0.717, 1.165) is 51.4 Å². The van der Waals surface area contributed by atoms with E-state index >= 15 is 0 Å². The summed E-state index contributed by atoms with van der Waals surface area (Å²) in [5.74, 6) is 2.84. The quantitative estimate of drug-likeness (QED) is 0.347. The van der Waals surface area contributed by atoms with Crippen molar-refractivity contribution in [3.05, 3.63) is 28.8 Å². The lowest BCUT2D eigenvalue weighted by Crippen LogP contribution is -2.44. The molecule has 0 aromatic heterocycles. The number of aliphatic hydroxyl groups is 1. The van der Waals surface area contributed by atoms with Crippen LogP contribution in [0.4, 0.5) is 0 Å². The summed E-state index contributed by atoms with van der Waals surface area (Å²) in [6, 6.07) is 4.04. The van der Waals surface area contributed by atoms with E-state index in [0.29, 0.717) is 41.3 Å². The van der Waals surface area contributed by atoms with Crippen molar-refractivity contribution in [1.29, 1.82) is 0 Å². The van der Waals surface area contributed by atoms with Crippen LogP contribution >= 0.6 is 0 Å². The highest BCUT2D eigenvalue weighted by molar-refractivity contribution is 5.77. The average Bonchev–Trinajstić information content (AvgIpc) is 3.11. The Morgan fingerprint density at radius 3 is 2.59 bits per heavy atom. The molecule has 0 aliphatic heterocycles. The number of aliphatic hydroxyl groups excluding tert-OH is 1. The molecule has 1 aromatic carbocycles. The van der Waals surface area contributed by atoms with Gasteiger partial charge in [-0.1, -0.05) is 27.7 Å². The number of hydroxylamine groups is 1. The molecule has 4 aliphatic carbocycles. The van der Waals surface area contributed by atoms with E-state index in [1.165, 1.54) is 16.7 Å². The van der Waals surface area contributed by atoms with Gasteiger partial charge in [0.05, 0.1) is 6.10 Å². The molecule has 5 rings (SSSR count). The third-order valence-corrected chi connectivity index (χ3v) is 10.8. The number of phenolic OH excluding ortho intramolecular Hbond substituents is 1. The highest BCUT2D eigenvalue weighted by atomic mass is 16.5. The number of benzene rings is 1. The first-order chi connectivity index (χ1) is 16.2. The number of rotatable bonds is 3. The first-order valence-corrected chi connectivity index (χ1v) is 13.6. The van der Waals surface area contributed by atoms with Gasteiger partial charge >= 0.3 is 0 Å². The first-order valence-electron chi connectivity index (χ1n) is 13.6. The van der Waals surface area contributed by atoms with Crippen LogP contribution in [0.15, 0.2) is 12.1 Å². The Kier molecular flexibility index (Phi) is 6.25. The van der Waals surface area contributed by atoms with Crippen molar-refractivity contribution in [1.82, 2.24) is 5.48 Å². The summed E-state index contributed by atoms with van der Waals surface area (Å²) in [6.07, 6.45) is 7.91. The van der Waals surface area contributed by atoms with E-state index in [4.69, 9.17) is 0 Å². The van der Waals surface area contributed by atoms with E-state index < -0.39 is 0 Å². The molecule has 3 saturated carbocycles. The molecule has 4 aliphatic rings. The summed E-state index contributed by atoms with van der Waals surface area (Å²) in [5.41, 5.74) is 6.09. The molecule has 188 valence electrons. The van der Waals surface area contributed by atoms with Crippen LogP contribution in [0.1, 0.15) is 101 Å². The maximum Gasteiger partial charge on any atom is 0.246 e. The summed E-state index contributed by atoms with van der Waals surface area (Å²) >= 11 is 0. The van der Waals surface area contributed by atoms with Crippen molar-refractivity contribution >= 4 is 5.91 Å². The second-order valence-electron chi connectivity index (χ2n) is 12.7. The summed E-state index contributed by atoms with van der Waals surface area (Å²) < 4.78 is 0. The Balaban J connectivity index is 1.55. The number of aromatic hydroxyl groups is 1. The lowest BCUT2D eigenvalue weighted by Gasteiger charge is -2.51. The monoisotopic (exact) mass is 469 g/mol. The van der Waals surface area contributed by atoms with Crippen molar-refractivity contribution in [2.24, 2.45) is 40.9 Å². The van der Waals surface area contributed by atoms with Crippen LogP contribution in [0.2, 0.25) is 0 Å². The van der Waals surface area contributed by atoms with Gasteiger partial charge in [0.2, 0.25) is 5.91 Å². The number of phenols is 1. The van der Waals surface area contributed by atoms with E-state index in [-0.39, 0.29) is 29.3 Å². The third kappa shape index (κ3) is 3.69. The fourth-order valence-electron chi connectivity index (χ4n) is 9.00. The van der Waals surface area contributed by atoms with Gasteiger partial charge in [-0.15, -0.1) is 0 Å². The molecule has 1 amide bonds. The molecule has 0 spiro atoms. The maximum atomic E-state index is 12.4. The number of hydrogen-bond donors (Lipinski definition) is 4. The molecular weight excluding hydrogens is 426 g/mol. The number of aryl methyl sites for hydroxylation is 1. The topological polar surface area (TPSA) is 89.8 Å². The fraction of sp³-hybridized carbons (Fsp3) is 0.759. The van der Waals surface area contributed by atoms with Gasteiger partial charge in [-0.2, -0.15) is 0 Å². The fourth-order valence-corrected chi connectivity index (χ4v) is 9.00. The van der Waals surface area contributed by atoms with Gasteiger partial charge in [-0.05, 0) is 127 Å². The highest BCUT2D eigenvalue weighted by Crippen LogP contribution is 2.62. The number of hydrogen-bond acceptors (Lipinski definition) is 4. The normalized spacial score (nSPS) is 41.5. The van der Waals surface area contributed by atoms with Crippen LogP contribution in [0.5, 0.6) is 5.75 Å². The zero-order valence-corrected chi connectivity index (χ0v) is 21.3. The van der Waals surface area contributed by atoms with Crippen LogP contribution in [-0.4, -0.2) is 27.4 Å². The van der Waals surface area contributed by atoms with Crippen LogP contribution in [0.25, 0.3) is 0 Å². The minimum Gasteiger partial charge on any atom is -0.508 e. The molecule has 0 bridgehead atoms. The molecule has 4 unspecified atom stereocenters. The van der Waals surface area contributed by atoms with Crippen molar-refractivity contribution in [3.63, 3.8) is 0 Å². The third-order valence-electron chi connectivity index (χ3n) is 10.8. The molecule has 34 heavy (non-hydrogen) atoms. The largest absolute Gasteiger partial charge is 0.508 e. The molecule has 0 heterocycles. The van der Waals surface area contributed by atoms with Crippen LogP contribution in [0, 0.1) is 40.9 Å². The van der Waals surface area contributed by atoms with Gasteiger partial charge in [-0.25, -0.2) is 5.48 Å². The molecular formula is C29H43NO4. The Hall–Kier alpha value is -1.59. The minimum atomic E-state index is -0.263. The second kappa shape index (κ2) is 8.81. The number of amides is 1. The van der Waals surface area contributed by atoms with Gasteiger partial charge in [0, 0.05) is 5.92 Å². The second-order valence-corrected chi connectivity index (χ2v) is 12.7. The zero-order valence-electron chi connectivity index (χ0n) is 21.3. The molecule has 4 N–H and O–H groups in total. The molecule has 9 atom stereocenters. The average molecular weight is 470 g/mol. The van der Waals surface area contributed by atoms with E-state index in [2.05, 4.69) is 27.7 Å². The molecule has 0 radical (unpaired) electrons. The Bertz CT molecular complexity index is 944. The van der Waals surface area contributed by atoms with Crippen molar-refractivity contribution < 1.29 is 20.2 Å². The number of carbonyl (C=O) groups excluding carboxylic acids is 1. The number of nitrogens with one attached hydrogen (secondary N) is 1. The van der Waals surface area contributed by atoms with Crippen LogP contribution < -0.4 is 5.48 Å². The van der Waals surface area contributed by atoms with E-state index in [1.54, 1.807) is 0 Å². The molecule has 1 aromatic rings. The van der Waals surface area contributed by atoms with Gasteiger partial charge < -0.3 is 10.2 Å². The SMILES string of the molecule is CC(C)C1CC(C(=O)NO)C(C)CC1c1cc(O)cc2c1[C@H]1CC[C@]3(C)[C@H](O)CC[C@H]3[C@@H]1CC2. The van der Waals surface area contributed by atoms with Gasteiger partial charge in [0.25, 0.3) is 0 Å². The van der Waals surface area contributed by atoms with E-state index in [9.17, 15) is 20.2 Å². The smallest absolute Gasteiger partial charge is 0.246 e. The Morgan fingerprint density at radius 2 is 1.88 bits per heavy atom. The summed E-state index contributed by atoms with van der Waals surface area (Å²) in [6.45, 7) is 8.94. The zero-order chi connectivity index (χ0) is 24.4. The van der Waals surface area contributed by atoms with E-state index in [1.807, 2.05) is 17.6 Å². The van der Waals surface area contributed by atoms with Crippen molar-refractivity contribution in [2.75, 3.05) is 0 Å². The van der Waals surface area contributed by atoms with Crippen LogP contribution in [-0.2, 0) is 11.2 Å². The van der Waals surface area contributed by atoms with Crippen molar-refractivity contribution in [2.45, 2.75) is 97.0 Å². The standard InChI is InChI=1S/C29H43NO4/c1-15(2)21-14-22(28(33)30-34)16(3)11-23(21)24-13-18(31)12-17-5-6-19-20(27(17)24)9-10-29(4)25(19)7-8-26(29)32/h12-13,15-16,19-23,25-26,31-32,34H,5-11,14H2,1-4H3,(H,30,33)/t16?,19-,20+,21?,22?,23?,25+,26-,29+/m1/s1. The van der Waals surface area contributed by atoms with Gasteiger partial charge in [0.1, 0.15) is 5.75 Å². The highest BCUT2D eigenvalue weighted by Gasteiger charge is 2.55. The summed E-state index contributed by atoms with van der Waals surface area (Å²) in [7, 11) is 0. The predicted molar refractivity (Wildman–Crippen MR) is 132 cm³/mol. The lowest BCUT2D eigenvalue weighted by atomic mass is 9.53. The lowest BCUT2D eigenvalue weighted by molar-refractivity contribution is -0.137. The maximum absolute atomic E-state index is 12.4.